The monoisotopic (exact) mass is 291 g/mol. The molecule has 1 aromatic carbocycles. The molecule has 1 unspecified atom stereocenters. The third kappa shape index (κ3) is 1.33. The first-order chi connectivity index (χ1) is 9.71. The number of alkyl halides is 1. The van der Waals surface area contributed by atoms with Gasteiger partial charge in [-0.05, 0) is 18.1 Å². The third-order valence-corrected chi connectivity index (χ3v) is 5.04. The largest absolute Gasteiger partial charge is 0.384 e. The van der Waals surface area contributed by atoms with E-state index in [0.717, 1.165) is 6.54 Å². The summed E-state index contributed by atoms with van der Waals surface area (Å²) < 4.78 is 0. The zero-order valence-corrected chi connectivity index (χ0v) is 11.5. The molecule has 2 saturated carbocycles. The third-order valence-electron chi connectivity index (χ3n) is 4.83. The molecule has 2 aliphatic heterocycles. The Balaban J connectivity index is 1.51. The van der Waals surface area contributed by atoms with Gasteiger partial charge in [0.15, 0.2) is 0 Å². The fourth-order valence-electron chi connectivity index (χ4n) is 3.89. The molecule has 6 heteroatoms. The van der Waals surface area contributed by atoms with Crippen LogP contribution in [-0.2, 0) is 9.63 Å². The summed E-state index contributed by atoms with van der Waals surface area (Å²) in [6.07, 6.45) is 0. The summed E-state index contributed by atoms with van der Waals surface area (Å²) in [5.74, 6) is 0.772. The Morgan fingerprint density at radius 3 is 2.90 bits per heavy atom. The van der Waals surface area contributed by atoms with E-state index in [1.165, 1.54) is 5.69 Å². The summed E-state index contributed by atoms with van der Waals surface area (Å²) in [5.41, 5.74) is 7.19. The average Bonchev–Trinajstić information content (AvgIpc) is 3.23. The van der Waals surface area contributed by atoms with Gasteiger partial charge < -0.3 is 15.5 Å². The van der Waals surface area contributed by atoms with Crippen LogP contribution in [0.2, 0.25) is 0 Å². The Bertz CT molecular complexity index is 600. The normalized spacial score (nSPS) is 36.5. The highest BCUT2D eigenvalue weighted by molar-refractivity contribution is 6.26. The fraction of sp³-hybridized carbons (Fsp3) is 0.429. The molecule has 4 fully saturated rings. The van der Waals surface area contributed by atoms with E-state index in [0.29, 0.717) is 23.7 Å². The number of para-hydroxylation sites is 1. The smallest absolute Gasteiger partial charge is 0.349 e. The van der Waals surface area contributed by atoms with Gasteiger partial charge in [-0.3, -0.25) is 0 Å². The van der Waals surface area contributed by atoms with Crippen LogP contribution in [0.4, 0.5) is 5.69 Å². The average molecular weight is 292 g/mol. The van der Waals surface area contributed by atoms with Gasteiger partial charge in [-0.1, -0.05) is 23.4 Å². The highest BCUT2D eigenvalue weighted by atomic mass is 35.5. The van der Waals surface area contributed by atoms with Gasteiger partial charge in [-0.25, -0.2) is 4.79 Å². The number of halogens is 1. The van der Waals surface area contributed by atoms with Crippen LogP contribution in [0, 0.1) is 17.3 Å². The lowest BCUT2D eigenvalue weighted by molar-refractivity contribution is -0.140. The number of amidine groups is 1. The topological polar surface area (TPSA) is 67.9 Å². The summed E-state index contributed by atoms with van der Waals surface area (Å²) >= 11 is 5.36. The number of benzene rings is 1. The second-order valence-electron chi connectivity index (χ2n) is 5.57. The van der Waals surface area contributed by atoms with Gasteiger partial charge in [0.05, 0.1) is 5.41 Å². The fourth-order valence-corrected chi connectivity index (χ4v) is 3.94. The van der Waals surface area contributed by atoms with E-state index in [9.17, 15) is 4.79 Å². The van der Waals surface area contributed by atoms with Crippen molar-refractivity contribution in [3.05, 3.63) is 30.3 Å². The SMILES string of the molecule is N/C(=N\OC(=O)CCl)[C@@]12C3[C@H]1[C@H]2CN3c1ccccc1. The molecule has 5 rings (SSSR count). The maximum absolute atomic E-state index is 11.0. The lowest BCUT2D eigenvalue weighted by Crippen LogP contribution is -2.29. The van der Waals surface area contributed by atoms with Crippen molar-refractivity contribution in [1.82, 2.24) is 0 Å². The van der Waals surface area contributed by atoms with Crippen molar-refractivity contribution >= 4 is 29.1 Å². The molecule has 4 atom stereocenters. The summed E-state index contributed by atoms with van der Waals surface area (Å²) in [4.78, 5) is 18.1. The highest BCUT2D eigenvalue weighted by Gasteiger charge is 2.94. The number of rotatable bonds is 4. The summed E-state index contributed by atoms with van der Waals surface area (Å²) in [5, 5.41) is 3.77. The highest BCUT2D eigenvalue weighted by Crippen LogP contribution is 2.85. The minimum Gasteiger partial charge on any atom is -0.384 e. The number of hydrogen-bond donors (Lipinski definition) is 1. The molecule has 0 spiro atoms. The predicted molar refractivity (Wildman–Crippen MR) is 75.4 cm³/mol. The minimum atomic E-state index is -0.573. The van der Waals surface area contributed by atoms with E-state index >= 15 is 0 Å². The number of fused-ring (bicyclic) bond motifs is 1. The standard InChI is InChI=1S/C14H14ClN3O2/c15-6-10(19)20-17-13(16)14-9-7-18(12(14)11(9)14)8-4-2-1-3-5-8/h1-5,9,11-12H,6-7H2,(H2,16,17)/t9-,11-,12?,14-/m1/s1. The van der Waals surface area contributed by atoms with Crippen molar-refractivity contribution < 1.29 is 9.63 Å². The van der Waals surface area contributed by atoms with Crippen molar-refractivity contribution in [1.29, 1.82) is 0 Å². The molecular formula is C14H14ClN3O2. The Morgan fingerprint density at radius 1 is 1.50 bits per heavy atom. The zero-order chi connectivity index (χ0) is 13.9. The van der Waals surface area contributed by atoms with Gasteiger partial charge in [-0.15, -0.1) is 11.6 Å². The number of nitrogens with two attached hydrogens (primary N) is 1. The molecule has 2 saturated heterocycles. The molecule has 0 aromatic heterocycles. The second kappa shape index (κ2) is 3.88. The van der Waals surface area contributed by atoms with Crippen molar-refractivity contribution in [2.75, 3.05) is 17.3 Å². The summed E-state index contributed by atoms with van der Waals surface area (Å²) in [7, 11) is 0. The quantitative estimate of drug-likeness (QED) is 0.297. The first kappa shape index (κ1) is 12.0. The Labute approximate surface area is 121 Å². The Kier molecular flexibility index (Phi) is 2.33. The molecule has 2 aliphatic carbocycles. The van der Waals surface area contributed by atoms with Gasteiger partial charge >= 0.3 is 5.97 Å². The van der Waals surface area contributed by atoms with Crippen LogP contribution >= 0.6 is 11.6 Å². The van der Waals surface area contributed by atoms with E-state index in [4.69, 9.17) is 17.3 Å². The Morgan fingerprint density at radius 2 is 2.25 bits per heavy atom. The van der Waals surface area contributed by atoms with Gasteiger partial charge in [0.1, 0.15) is 11.7 Å². The van der Waals surface area contributed by atoms with Crippen LogP contribution in [0.15, 0.2) is 35.5 Å². The number of piperidine rings is 1. The Hall–Kier alpha value is -1.75. The molecule has 20 heavy (non-hydrogen) atoms. The van der Waals surface area contributed by atoms with Crippen molar-refractivity contribution in [3.8, 4) is 0 Å². The molecule has 1 aromatic rings. The lowest BCUT2D eigenvalue weighted by Gasteiger charge is -2.18. The van der Waals surface area contributed by atoms with Crippen LogP contribution in [0.25, 0.3) is 0 Å². The minimum absolute atomic E-state index is 0.0531. The molecule has 0 amide bonds. The van der Waals surface area contributed by atoms with Crippen LogP contribution in [0.5, 0.6) is 0 Å². The van der Waals surface area contributed by atoms with E-state index in [2.05, 4.69) is 27.0 Å². The van der Waals surface area contributed by atoms with E-state index < -0.39 is 5.97 Å². The molecule has 2 N–H and O–H groups in total. The zero-order valence-electron chi connectivity index (χ0n) is 10.7. The van der Waals surface area contributed by atoms with E-state index in [-0.39, 0.29) is 11.3 Å². The van der Waals surface area contributed by atoms with Crippen LogP contribution in [0.3, 0.4) is 0 Å². The summed E-state index contributed by atoms with van der Waals surface area (Å²) in [6, 6.07) is 10.7. The molecule has 4 aliphatic rings. The molecule has 2 bridgehead atoms. The van der Waals surface area contributed by atoms with Crippen LogP contribution < -0.4 is 10.6 Å². The van der Waals surface area contributed by atoms with Crippen LogP contribution in [-0.4, -0.2) is 30.3 Å². The maximum atomic E-state index is 11.0. The number of carbonyl (C=O) groups is 1. The van der Waals surface area contributed by atoms with Gasteiger partial charge in [0.2, 0.25) is 0 Å². The number of oxime groups is 1. The van der Waals surface area contributed by atoms with Gasteiger partial charge in [-0.2, -0.15) is 0 Å². The van der Waals surface area contributed by atoms with E-state index in [1.54, 1.807) is 0 Å². The second-order valence-corrected chi connectivity index (χ2v) is 5.84. The van der Waals surface area contributed by atoms with Crippen molar-refractivity contribution in [2.45, 2.75) is 6.04 Å². The number of nitrogens with zero attached hydrogens (tertiary/aromatic N) is 2. The maximum Gasteiger partial charge on any atom is 0.349 e. The van der Waals surface area contributed by atoms with Crippen molar-refractivity contribution in [2.24, 2.45) is 28.1 Å². The molecular weight excluding hydrogens is 278 g/mol. The van der Waals surface area contributed by atoms with Crippen molar-refractivity contribution in [3.63, 3.8) is 0 Å². The predicted octanol–water partition coefficient (Wildman–Crippen LogP) is 1.18. The summed E-state index contributed by atoms with van der Waals surface area (Å²) in [6.45, 7) is 0.999. The molecule has 0 radical (unpaired) electrons. The van der Waals surface area contributed by atoms with E-state index in [1.807, 2.05) is 18.2 Å². The first-order valence-electron chi connectivity index (χ1n) is 6.62. The molecule has 104 valence electrons. The number of anilines is 1. The van der Waals surface area contributed by atoms with Gasteiger partial charge in [0.25, 0.3) is 0 Å². The molecule has 2 heterocycles. The lowest BCUT2D eigenvalue weighted by atomic mass is 10.1. The van der Waals surface area contributed by atoms with Gasteiger partial charge in [0, 0.05) is 24.2 Å². The molecule has 5 nitrogen and oxygen atoms in total. The number of carbonyl (C=O) groups excluding carboxylic acids is 1. The van der Waals surface area contributed by atoms with Crippen LogP contribution in [0.1, 0.15) is 0 Å². The first-order valence-corrected chi connectivity index (χ1v) is 7.16. The number of hydrogen-bond acceptors (Lipinski definition) is 4.